The van der Waals surface area contributed by atoms with Crippen molar-refractivity contribution in [1.82, 2.24) is 0 Å². The minimum absolute atomic E-state index is 0.140. The highest BCUT2D eigenvalue weighted by atomic mass is 19.1. The number of carbonyl (C=O) groups excluding carboxylic acids is 1. The topological polar surface area (TPSA) is 44.8 Å². The van der Waals surface area contributed by atoms with E-state index in [1.54, 1.807) is 13.2 Å². The molecule has 2 atom stereocenters. The number of hydrogen-bond acceptors (Lipinski definition) is 4. The summed E-state index contributed by atoms with van der Waals surface area (Å²) >= 11 is 0. The average Bonchev–Trinajstić information content (AvgIpc) is 3.68. The number of hydrogen-bond donors (Lipinski definition) is 0. The Balaban J connectivity index is 1.34. The first-order valence-corrected chi connectivity index (χ1v) is 12.1. The lowest BCUT2D eigenvalue weighted by molar-refractivity contribution is -0.145. The molecule has 2 aromatic rings. The van der Waals surface area contributed by atoms with Gasteiger partial charge in [-0.1, -0.05) is 19.1 Å². The molecule has 0 aromatic heterocycles. The molecule has 2 saturated carbocycles. The predicted octanol–water partition coefficient (Wildman–Crippen LogP) is 6.49. The van der Waals surface area contributed by atoms with Gasteiger partial charge in [-0.15, -0.1) is 0 Å². The maximum absolute atomic E-state index is 14.3. The Labute approximate surface area is 196 Å². The van der Waals surface area contributed by atoms with Crippen molar-refractivity contribution >= 4 is 5.97 Å². The van der Waals surface area contributed by atoms with E-state index in [9.17, 15) is 9.18 Å². The van der Waals surface area contributed by atoms with Crippen molar-refractivity contribution in [2.24, 2.45) is 17.8 Å². The van der Waals surface area contributed by atoms with Crippen LogP contribution in [0.25, 0.3) is 0 Å². The highest BCUT2D eigenvalue weighted by molar-refractivity contribution is 5.73. The molecule has 0 unspecified atom stereocenters. The zero-order chi connectivity index (χ0) is 23.4. The summed E-state index contributed by atoms with van der Waals surface area (Å²) in [5.41, 5.74) is 1.93. The van der Waals surface area contributed by atoms with E-state index in [1.807, 2.05) is 25.1 Å². The van der Waals surface area contributed by atoms with Crippen LogP contribution in [0.3, 0.4) is 0 Å². The van der Waals surface area contributed by atoms with Crippen molar-refractivity contribution in [3.8, 4) is 11.5 Å². The van der Waals surface area contributed by atoms with Crippen LogP contribution in [-0.2, 0) is 9.53 Å². The van der Waals surface area contributed by atoms with E-state index in [0.29, 0.717) is 24.2 Å². The van der Waals surface area contributed by atoms with E-state index >= 15 is 0 Å². The van der Waals surface area contributed by atoms with E-state index in [1.165, 1.54) is 13.2 Å². The molecule has 33 heavy (non-hydrogen) atoms. The van der Waals surface area contributed by atoms with Gasteiger partial charge in [-0.2, -0.15) is 0 Å². The van der Waals surface area contributed by atoms with Crippen molar-refractivity contribution in [2.45, 2.75) is 57.3 Å². The Morgan fingerprint density at radius 3 is 2.42 bits per heavy atom. The van der Waals surface area contributed by atoms with Gasteiger partial charge >= 0.3 is 5.97 Å². The fraction of sp³-hybridized carbons (Fsp3) is 0.536. The molecule has 0 saturated heterocycles. The Hall–Kier alpha value is -2.56. The van der Waals surface area contributed by atoms with Gasteiger partial charge in [-0.25, -0.2) is 4.39 Å². The van der Waals surface area contributed by atoms with Gasteiger partial charge in [0.1, 0.15) is 17.3 Å². The molecular weight excluding hydrogens is 419 g/mol. The fourth-order valence-electron chi connectivity index (χ4n) is 5.38. The lowest BCUT2D eigenvalue weighted by atomic mass is 9.79. The van der Waals surface area contributed by atoms with E-state index in [4.69, 9.17) is 14.2 Å². The van der Waals surface area contributed by atoms with Crippen LogP contribution in [0.5, 0.6) is 11.5 Å². The van der Waals surface area contributed by atoms with Crippen molar-refractivity contribution in [3.05, 3.63) is 59.4 Å². The second kappa shape index (κ2) is 10.6. The van der Waals surface area contributed by atoms with Gasteiger partial charge in [0.2, 0.25) is 0 Å². The third-order valence-electron chi connectivity index (χ3n) is 7.46. The number of methoxy groups -OCH3 is 2. The lowest BCUT2D eigenvalue weighted by Crippen LogP contribution is -2.22. The standard InChI is InChI=1S/C28H35FO4/c1-18(28(30)32-3)27(21-11-12-21)22-5-4-6-24(15-22)33-17-19-7-9-20(10-8-19)25-16-23(31-2)13-14-26(25)29/h4-6,13-16,18-21,27H,7-12,17H2,1-3H3/t18-,19?,20?,27-/m0/s1. The van der Waals surface area contributed by atoms with Gasteiger partial charge in [-0.05, 0) is 104 Å². The van der Waals surface area contributed by atoms with Crippen LogP contribution in [0.15, 0.2) is 42.5 Å². The smallest absolute Gasteiger partial charge is 0.309 e. The fourth-order valence-corrected chi connectivity index (χ4v) is 5.38. The monoisotopic (exact) mass is 454 g/mol. The highest BCUT2D eigenvalue weighted by Crippen LogP contribution is 2.47. The first-order valence-electron chi connectivity index (χ1n) is 12.1. The third kappa shape index (κ3) is 5.69. The maximum Gasteiger partial charge on any atom is 0.309 e. The number of halogens is 1. The Bertz CT molecular complexity index is 947. The van der Waals surface area contributed by atoms with Crippen LogP contribution < -0.4 is 9.47 Å². The molecule has 2 aliphatic carbocycles. The molecule has 0 bridgehead atoms. The Kier molecular flexibility index (Phi) is 7.56. The van der Waals surface area contributed by atoms with Crippen molar-refractivity contribution in [1.29, 1.82) is 0 Å². The van der Waals surface area contributed by atoms with Gasteiger partial charge in [0.25, 0.3) is 0 Å². The van der Waals surface area contributed by atoms with E-state index in [0.717, 1.165) is 55.4 Å². The van der Waals surface area contributed by atoms with Crippen LogP contribution in [0.4, 0.5) is 4.39 Å². The summed E-state index contributed by atoms with van der Waals surface area (Å²) < 4.78 is 30.8. The molecule has 0 N–H and O–H groups in total. The lowest BCUT2D eigenvalue weighted by Gasteiger charge is -2.29. The second-order valence-electron chi connectivity index (χ2n) is 9.66. The van der Waals surface area contributed by atoms with Crippen LogP contribution in [0, 0.1) is 23.6 Å². The largest absolute Gasteiger partial charge is 0.497 e. The van der Waals surface area contributed by atoms with Crippen LogP contribution in [-0.4, -0.2) is 26.8 Å². The summed E-state index contributed by atoms with van der Waals surface area (Å²) in [5.74, 6) is 2.53. The third-order valence-corrected chi connectivity index (χ3v) is 7.46. The normalized spacial score (nSPS) is 22.3. The van der Waals surface area contributed by atoms with Crippen LogP contribution in [0.1, 0.15) is 68.4 Å². The molecule has 2 fully saturated rings. The van der Waals surface area contributed by atoms with Gasteiger partial charge in [0.05, 0.1) is 26.7 Å². The molecule has 2 aromatic carbocycles. The molecule has 4 rings (SSSR count). The summed E-state index contributed by atoms with van der Waals surface area (Å²) in [6, 6.07) is 13.2. The molecule has 4 nitrogen and oxygen atoms in total. The number of ether oxygens (including phenoxy) is 3. The molecule has 2 aliphatic rings. The predicted molar refractivity (Wildman–Crippen MR) is 126 cm³/mol. The summed E-state index contributed by atoms with van der Waals surface area (Å²) in [5, 5.41) is 0. The SMILES string of the molecule is COC(=O)[C@@H](C)[C@H](c1cccc(OCC2CCC(c3cc(OC)ccc3F)CC2)c1)C1CC1. The van der Waals surface area contributed by atoms with Crippen LogP contribution in [0.2, 0.25) is 0 Å². The summed E-state index contributed by atoms with van der Waals surface area (Å²) in [7, 11) is 3.07. The summed E-state index contributed by atoms with van der Waals surface area (Å²) in [6.07, 6.45) is 6.27. The zero-order valence-electron chi connectivity index (χ0n) is 19.9. The first kappa shape index (κ1) is 23.6. The average molecular weight is 455 g/mol. The molecule has 0 aliphatic heterocycles. The first-order chi connectivity index (χ1) is 16.0. The highest BCUT2D eigenvalue weighted by Gasteiger charge is 2.39. The minimum Gasteiger partial charge on any atom is -0.497 e. The Morgan fingerprint density at radius 1 is 1.00 bits per heavy atom. The maximum atomic E-state index is 14.3. The summed E-state index contributed by atoms with van der Waals surface area (Å²) in [4.78, 5) is 12.2. The second-order valence-corrected chi connectivity index (χ2v) is 9.66. The van der Waals surface area contributed by atoms with Gasteiger partial charge in [0.15, 0.2) is 0 Å². The number of benzene rings is 2. The molecule has 0 radical (unpaired) electrons. The minimum atomic E-state index is -0.162. The van der Waals surface area contributed by atoms with Gasteiger partial charge < -0.3 is 14.2 Å². The van der Waals surface area contributed by atoms with E-state index < -0.39 is 0 Å². The van der Waals surface area contributed by atoms with Crippen molar-refractivity contribution in [2.75, 3.05) is 20.8 Å². The molecule has 5 heteroatoms. The van der Waals surface area contributed by atoms with Gasteiger partial charge in [0, 0.05) is 0 Å². The van der Waals surface area contributed by atoms with Crippen LogP contribution >= 0.6 is 0 Å². The summed E-state index contributed by atoms with van der Waals surface area (Å²) in [6.45, 7) is 2.63. The molecule has 178 valence electrons. The molecule has 0 heterocycles. The van der Waals surface area contributed by atoms with E-state index in [2.05, 4.69) is 12.1 Å². The number of rotatable bonds is 9. The quantitative estimate of drug-likeness (QED) is 0.406. The number of carbonyl (C=O) groups is 1. The van der Waals surface area contributed by atoms with E-state index in [-0.39, 0.29) is 29.5 Å². The van der Waals surface area contributed by atoms with Gasteiger partial charge in [-0.3, -0.25) is 4.79 Å². The molecule has 0 amide bonds. The van der Waals surface area contributed by atoms with Crippen molar-refractivity contribution in [3.63, 3.8) is 0 Å². The Morgan fingerprint density at radius 2 is 1.76 bits per heavy atom. The van der Waals surface area contributed by atoms with Crippen molar-refractivity contribution < 1.29 is 23.4 Å². The number of esters is 1. The molecular formula is C28H35FO4. The molecule has 0 spiro atoms. The zero-order valence-corrected chi connectivity index (χ0v) is 19.9.